The number of rotatable bonds is 4. The van der Waals surface area contributed by atoms with Gasteiger partial charge in [0.25, 0.3) is 0 Å². The predicted octanol–water partition coefficient (Wildman–Crippen LogP) is 2.95. The van der Waals surface area contributed by atoms with Crippen molar-refractivity contribution < 1.29 is 22.7 Å². The van der Waals surface area contributed by atoms with Crippen molar-refractivity contribution in [2.24, 2.45) is 16.7 Å². The van der Waals surface area contributed by atoms with Crippen LogP contribution in [0.5, 0.6) is 0 Å². The van der Waals surface area contributed by atoms with Gasteiger partial charge in [0.05, 0.1) is 18.3 Å². The highest BCUT2D eigenvalue weighted by Gasteiger charge is 2.65. The van der Waals surface area contributed by atoms with E-state index in [1.807, 2.05) is 19.9 Å². The molecule has 1 aliphatic heterocycles. The highest BCUT2D eigenvalue weighted by Crippen LogP contribution is 2.64. The minimum absolute atomic E-state index is 0.0864. The first kappa shape index (κ1) is 20.2. The number of fused-ring (bicyclic) bond motifs is 3. The summed E-state index contributed by atoms with van der Waals surface area (Å²) in [6, 6.07) is 5.43. The number of ether oxygens (including phenoxy) is 1. The SMILES string of the molecule is COC(=O)N1CCc2ccc(NS(=O)(=O)CC34CCC(CC3=O)C4(C)C)cc2C1. The van der Waals surface area contributed by atoms with Crippen LogP contribution in [0.1, 0.15) is 44.2 Å². The van der Waals surface area contributed by atoms with E-state index in [4.69, 9.17) is 4.74 Å². The molecular formula is C21H28N2O5S. The van der Waals surface area contributed by atoms with E-state index in [2.05, 4.69) is 4.72 Å². The predicted molar refractivity (Wildman–Crippen MR) is 109 cm³/mol. The monoisotopic (exact) mass is 420 g/mol. The van der Waals surface area contributed by atoms with Crippen LogP contribution < -0.4 is 4.72 Å². The maximum atomic E-state index is 13.0. The molecule has 1 aromatic rings. The summed E-state index contributed by atoms with van der Waals surface area (Å²) < 4.78 is 33.5. The maximum absolute atomic E-state index is 13.0. The number of hydrogen-bond donors (Lipinski definition) is 1. The topological polar surface area (TPSA) is 92.8 Å². The molecule has 0 radical (unpaired) electrons. The molecule has 2 unspecified atom stereocenters. The second kappa shape index (κ2) is 6.72. The molecule has 2 aliphatic carbocycles. The molecule has 0 aromatic heterocycles. The summed E-state index contributed by atoms with van der Waals surface area (Å²) in [5.74, 6) is 0.190. The Labute approximate surface area is 171 Å². The Morgan fingerprint density at radius 3 is 2.69 bits per heavy atom. The Balaban J connectivity index is 1.54. The summed E-state index contributed by atoms with van der Waals surface area (Å²) in [5.41, 5.74) is 1.37. The van der Waals surface area contributed by atoms with Gasteiger partial charge < -0.3 is 9.64 Å². The number of carbonyl (C=O) groups is 2. The molecule has 2 bridgehead atoms. The first-order chi connectivity index (χ1) is 13.6. The van der Waals surface area contributed by atoms with Crippen LogP contribution in [0.3, 0.4) is 0 Å². The van der Waals surface area contributed by atoms with Gasteiger partial charge in [-0.25, -0.2) is 13.2 Å². The van der Waals surface area contributed by atoms with Gasteiger partial charge in [0.2, 0.25) is 10.0 Å². The minimum Gasteiger partial charge on any atom is -0.453 e. The van der Waals surface area contributed by atoms with E-state index < -0.39 is 21.5 Å². The van der Waals surface area contributed by atoms with Gasteiger partial charge in [-0.1, -0.05) is 19.9 Å². The standard InChI is InChI=1S/C21H28N2O5S/c1-20(2)16-6-8-21(20,18(24)11-16)13-29(26,27)22-17-5-4-14-7-9-23(19(25)28-3)12-15(14)10-17/h4-5,10,16,22H,6-9,11-13H2,1-3H3. The fraction of sp³-hybridized carbons (Fsp3) is 0.619. The molecule has 0 spiro atoms. The number of Topliss-reactive ketones (excluding diaryl/α,β-unsaturated/α-hetero) is 1. The van der Waals surface area contributed by atoms with Crippen LogP contribution in [0, 0.1) is 16.7 Å². The fourth-order valence-electron chi connectivity index (χ4n) is 5.55. The van der Waals surface area contributed by atoms with Crippen LogP contribution in [0.25, 0.3) is 0 Å². The van der Waals surface area contributed by atoms with Crippen LogP contribution >= 0.6 is 0 Å². The second-order valence-corrected chi connectivity index (χ2v) is 10.9. The average molecular weight is 421 g/mol. The highest BCUT2D eigenvalue weighted by molar-refractivity contribution is 7.92. The van der Waals surface area contributed by atoms with E-state index in [1.54, 1.807) is 17.0 Å². The first-order valence-corrected chi connectivity index (χ1v) is 11.7. The molecule has 1 heterocycles. The Morgan fingerprint density at radius 1 is 1.31 bits per heavy atom. The van der Waals surface area contributed by atoms with Crippen molar-refractivity contribution >= 4 is 27.6 Å². The summed E-state index contributed by atoms with van der Waals surface area (Å²) in [6.07, 6.45) is 2.35. The summed E-state index contributed by atoms with van der Waals surface area (Å²) in [6.45, 7) is 5.02. The number of sulfonamides is 1. The number of amides is 1. The largest absolute Gasteiger partial charge is 0.453 e. The van der Waals surface area contributed by atoms with Gasteiger partial charge in [0.15, 0.2) is 0 Å². The van der Waals surface area contributed by atoms with E-state index in [0.29, 0.717) is 38.0 Å². The molecule has 7 nitrogen and oxygen atoms in total. The minimum atomic E-state index is -3.70. The van der Waals surface area contributed by atoms with E-state index in [0.717, 1.165) is 17.5 Å². The van der Waals surface area contributed by atoms with E-state index >= 15 is 0 Å². The number of hydrogen-bond acceptors (Lipinski definition) is 5. The van der Waals surface area contributed by atoms with Crippen LogP contribution in [0.4, 0.5) is 10.5 Å². The maximum Gasteiger partial charge on any atom is 0.409 e. The second-order valence-electron chi connectivity index (χ2n) is 9.15. The van der Waals surface area contributed by atoms with E-state index in [1.165, 1.54) is 7.11 Å². The molecule has 1 N–H and O–H groups in total. The average Bonchev–Trinajstić information content (AvgIpc) is 3.00. The molecule has 158 valence electrons. The number of benzene rings is 1. The lowest BCUT2D eigenvalue weighted by Gasteiger charge is -2.36. The summed E-state index contributed by atoms with van der Waals surface area (Å²) in [4.78, 5) is 26.1. The third kappa shape index (κ3) is 3.21. The Bertz CT molecular complexity index is 971. The lowest BCUT2D eigenvalue weighted by molar-refractivity contribution is -0.128. The smallest absolute Gasteiger partial charge is 0.409 e. The van der Waals surface area contributed by atoms with Crippen LogP contribution in [0.2, 0.25) is 0 Å². The lowest BCUT2D eigenvalue weighted by Crippen LogP contribution is -2.43. The van der Waals surface area contributed by atoms with Gasteiger partial charge in [0, 0.05) is 25.2 Å². The number of carbonyl (C=O) groups excluding carboxylic acids is 2. The molecule has 1 amide bonds. The van der Waals surface area contributed by atoms with Crippen LogP contribution in [0.15, 0.2) is 18.2 Å². The van der Waals surface area contributed by atoms with Crippen molar-refractivity contribution in [3.05, 3.63) is 29.3 Å². The molecule has 4 rings (SSSR count). The van der Waals surface area contributed by atoms with Gasteiger partial charge in [0.1, 0.15) is 5.78 Å². The van der Waals surface area contributed by atoms with E-state index in [-0.39, 0.29) is 22.9 Å². The van der Waals surface area contributed by atoms with Crippen molar-refractivity contribution in [1.29, 1.82) is 0 Å². The van der Waals surface area contributed by atoms with E-state index in [9.17, 15) is 18.0 Å². The number of nitrogens with one attached hydrogen (secondary N) is 1. The van der Waals surface area contributed by atoms with Gasteiger partial charge in [-0.2, -0.15) is 0 Å². The van der Waals surface area contributed by atoms with Gasteiger partial charge in [-0.05, 0) is 53.9 Å². The van der Waals surface area contributed by atoms with Crippen molar-refractivity contribution in [2.45, 2.75) is 46.1 Å². The molecular weight excluding hydrogens is 392 g/mol. The van der Waals surface area contributed by atoms with Crippen molar-refractivity contribution in [2.75, 3.05) is 24.1 Å². The summed E-state index contributed by atoms with van der Waals surface area (Å²) >= 11 is 0. The third-order valence-electron chi connectivity index (χ3n) is 7.50. The van der Waals surface area contributed by atoms with Gasteiger partial charge in [-0.15, -0.1) is 0 Å². The molecule has 2 atom stereocenters. The lowest BCUT2D eigenvalue weighted by atomic mass is 9.70. The Morgan fingerprint density at radius 2 is 2.07 bits per heavy atom. The zero-order valence-electron chi connectivity index (χ0n) is 17.2. The van der Waals surface area contributed by atoms with Crippen LogP contribution in [-0.2, 0) is 32.5 Å². The number of anilines is 1. The molecule has 1 aromatic carbocycles. The van der Waals surface area contributed by atoms with Gasteiger partial charge >= 0.3 is 6.09 Å². The zero-order chi connectivity index (χ0) is 21.0. The third-order valence-corrected chi connectivity index (χ3v) is 8.92. The zero-order valence-corrected chi connectivity index (χ0v) is 18.0. The Kier molecular flexibility index (Phi) is 4.68. The summed E-state index contributed by atoms with van der Waals surface area (Å²) in [7, 11) is -2.35. The number of ketones is 1. The molecule has 8 heteroatoms. The van der Waals surface area contributed by atoms with Crippen molar-refractivity contribution in [3.8, 4) is 0 Å². The normalized spacial score (nSPS) is 27.6. The van der Waals surface area contributed by atoms with Crippen molar-refractivity contribution in [3.63, 3.8) is 0 Å². The summed E-state index contributed by atoms with van der Waals surface area (Å²) in [5, 5.41) is 0. The molecule has 0 saturated heterocycles. The fourth-order valence-corrected chi connectivity index (χ4v) is 7.44. The first-order valence-electron chi connectivity index (χ1n) is 10.1. The quantitative estimate of drug-likeness (QED) is 0.808. The van der Waals surface area contributed by atoms with Crippen LogP contribution in [-0.4, -0.2) is 44.6 Å². The van der Waals surface area contributed by atoms with Gasteiger partial charge in [-0.3, -0.25) is 9.52 Å². The molecule has 2 saturated carbocycles. The number of nitrogens with zero attached hydrogens (tertiary/aromatic N) is 1. The Hall–Kier alpha value is -2.09. The number of methoxy groups -OCH3 is 1. The molecule has 29 heavy (non-hydrogen) atoms. The molecule has 3 aliphatic rings. The van der Waals surface area contributed by atoms with Crippen molar-refractivity contribution in [1.82, 2.24) is 4.90 Å². The highest BCUT2D eigenvalue weighted by atomic mass is 32.2. The molecule has 2 fully saturated rings.